The van der Waals surface area contributed by atoms with E-state index in [-0.39, 0.29) is 0 Å². The lowest BCUT2D eigenvalue weighted by Crippen LogP contribution is -2.02. The molecule has 0 radical (unpaired) electrons. The average molecular weight is 551 g/mol. The highest BCUT2D eigenvalue weighted by Crippen LogP contribution is 2.34. The second-order valence-corrected chi connectivity index (χ2v) is 11.2. The molecule has 0 saturated heterocycles. The highest BCUT2D eigenvalue weighted by atomic mass is 16.1. The van der Waals surface area contributed by atoms with Crippen LogP contribution in [0.2, 0.25) is 0 Å². The lowest BCUT2D eigenvalue weighted by atomic mass is 9.93. The quantitative estimate of drug-likeness (QED) is 0.141. The van der Waals surface area contributed by atoms with Crippen LogP contribution in [0.15, 0.2) is 90.4 Å². The Labute approximate surface area is 247 Å². The van der Waals surface area contributed by atoms with Crippen LogP contribution in [0.5, 0.6) is 0 Å². The van der Waals surface area contributed by atoms with Crippen LogP contribution in [0, 0.1) is 0 Å². The van der Waals surface area contributed by atoms with Gasteiger partial charge in [0.15, 0.2) is 0 Å². The van der Waals surface area contributed by atoms with Gasteiger partial charge in [-0.15, -0.1) is 0 Å². The standard InChI is InChI=1S/C18H22N2.C12H19N.C6H5NO/c1-13(2)16-6-5-7-17(14(3)4)18(16)20-12-15-8-10-19-11-9-15;1-8(2)10-6-5-7-11(9(3)4)12(10)13;8-5-6-1-3-7-4-2-6/h5-14H,1-4H3;5-9H,13H2,1-4H3;1-5H. The maximum absolute atomic E-state index is 9.98. The van der Waals surface area contributed by atoms with Gasteiger partial charge in [0, 0.05) is 42.3 Å². The third-order valence-corrected chi connectivity index (χ3v) is 6.65. The van der Waals surface area contributed by atoms with Gasteiger partial charge in [-0.3, -0.25) is 19.8 Å². The number of aldehydes is 1. The Morgan fingerprint density at radius 3 is 1.29 bits per heavy atom. The maximum atomic E-state index is 9.98. The van der Waals surface area contributed by atoms with Gasteiger partial charge in [0.25, 0.3) is 0 Å². The van der Waals surface area contributed by atoms with Crippen LogP contribution in [-0.2, 0) is 0 Å². The molecule has 0 saturated carbocycles. The molecule has 2 aromatic heterocycles. The predicted octanol–water partition coefficient (Wildman–Crippen LogP) is 9.49. The van der Waals surface area contributed by atoms with Gasteiger partial charge in [-0.2, -0.15) is 0 Å². The molecule has 2 heterocycles. The first-order valence-corrected chi connectivity index (χ1v) is 14.4. The number of aromatic nitrogens is 2. The number of benzene rings is 2. The summed E-state index contributed by atoms with van der Waals surface area (Å²) >= 11 is 0. The van der Waals surface area contributed by atoms with Gasteiger partial charge in [0.05, 0.1) is 5.69 Å². The van der Waals surface area contributed by atoms with Crippen LogP contribution in [0.4, 0.5) is 11.4 Å². The summed E-state index contributed by atoms with van der Waals surface area (Å²) in [6.45, 7) is 17.6. The summed E-state index contributed by atoms with van der Waals surface area (Å²) in [6, 6.07) is 20.1. The number of nitrogens with two attached hydrogens (primary N) is 1. The van der Waals surface area contributed by atoms with E-state index in [9.17, 15) is 4.79 Å². The summed E-state index contributed by atoms with van der Waals surface area (Å²) in [4.78, 5) is 22.5. The van der Waals surface area contributed by atoms with E-state index in [0.717, 1.165) is 23.2 Å². The van der Waals surface area contributed by atoms with Crippen molar-refractivity contribution < 1.29 is 4.79 Å². The number of rotatable bonds is 7. The highest BCUT2D eigenvalue weighted by molar-refractivity contribution is 5.82. The molecule has 0 unspecified atom stereocenters. The first-order valence-electron chi connectivity index (χ1n) is 14.4. The molecule has 5 heteroatoms. The Balaban J connectivity index is 0.000000239. The lowest BCUT2D eigenvalue weighted by molar-refractivity contribution is 0.112. The first kappa shape index (κ1) is 33.1. The Morgan fingerprint density at radius 1 is 0.585 bits per heavy atom. The number of hydrogen-bond donors (Lipinski definition) is 1. The molecule has 41 heavy (non-hydrogen) atoms. The van der Waals surface area contributed by atoms with Crippen LogP contribution in [-0.4, -0.2) is 22.5 Å². The summed E-state index contributed by atoms with van der Waals surface area (Å²) in [5, 5.41) is 0. The molecule has 0 atom stereocenters. The molecular weight excluding hydrogens is 504 g/mol. The number of para-hydroxylation sites is 2. The second-order valence-electron chi connectivity index (χ2n) is 11.2. The minimum absolute atomic E-state index is 0.471. The number of carbonyl (C=O) groups excluding carboxylic acids is 1. The molecule has 0 spiro atoms. The van der Waals surface area contributed by atoms with E-state index < -0.39 is 0 Å². The van der Waals surface area contributed by atoms with E-state index in [1.54, 1.807) is 36.9 Å². The smallest absolute Gasteiger partial charge is 0.150 e. The van der Waals surface area contributed by atoms with Crippen LogP contribution in [0.1, 0.15) is 117 Å². The number of aliphatic imine (C=N–C) groups is 1. The summed E-state index contributed by atoms with van der Waals surface area (Å²) in [5.74, 6) is 1.97. The second kappa shape index (κ2) is 16.9. The number of carbonyl (C=O) groups is 1. The lowest BCUT2D eigenvalue weighted by Gasteiger charge is -2.16. The van der Waals surface area contributed by atoms with Crippen molar-refractivity contribution in [1.82, 2.24) is 9.97 Å². The Hall–Kier alpha value is -4.12. The van der Waals surface area contributed by atoms with Crippen LogP contribution in [0.25, 0.3) is 0 Å². The molecule has 0 bridgehead atoms. The zero-order valence-corrected chi connectivity index (χ0v) is 25.9. The molecule has 0 aliphatic carbocycles. The Morgan fingerprint density at radius 2 is 0.951 bits per heavy atom. The monoisotopic (exact) mass is 550 g/mol. The van der Waals surface area contributed by atoms with E-state index in [1.807, 2.05) is 18.3 Å². The molecule has 216 valence electrons. The fraction of sp³-hybridized carbons (Fsp3) is 0.333. The summed E-state index contributed by atoms with van der Waals surface area (Å²) in [5.41, 5.74) is 15.1. The van der Waals surface area contributed by atoms with Crippen LogP contribution < -0.4 is 5.73 Å². The van der Waals surface area contributed by atoms with Crippen molar-refractivity contribution in [2.45, 2.75) is 79.1 Å². The zero-order chi connectivity index (χ0) is 30.4. The highest BCUT2D eigenvalue weighted by Gasteiger charge is 2.12. The van der Waals surface area contributed by atoms with Gasteiger partial charge in [-0.05, 0) is 75.8 Å². The first-order chi connectivity index (χ1) is 19.6. The van der Waals surface area contributed by atoms with Crippen molar-refractivity contribution in [2.75, 3.05) is 5.73 Å². The predicted molar refractivity (Wildman–Crippen MR) is 175 cm³/mol. The molecule has 0 fully saturated rings. The zero-order valence-electron chi connectivity index (χ0n) is 25.9. The van der Waals surface area contributed by atoms with E-state index in [0.29, 0.717) is 29.2 Å². The Kier molecular flexibility index (Phi) is 13.6. The molecule has 4 rings (SSSR count). The number of anilines is 1. The van der Waals surface area contributed by atoms with Crippen molar-refractivity contribution >= 4 is 23.9 Å². The average Bonchev–Trinajstić information content (AvgIpc) is 2.97. The molecule has 0 amide bonds. The van der Waals surface area contributed by atoms with Crippen LogP contribution >= 0.6 is 0 Å². The summed E-state index contributed by atoms with van der Waals surface area (Å²) in [6.07, 6.45) is 9.47. The van der Waals surface area contributed by atoms with Gasteiger partial charge in [0.1, 0.15) is 6.29 Å². The van der Waals surface area contributed by atoms with Crippen molar-refractivity contribution in [3.63, 3.8) is 0 Å². The normalized spacial score (nSPS) is 10.9. The molecule has 5 nitrogen and oxygen atoms in total. The van der Waals surface area contributed by atoms with Gasteiger partial charge in [-0.1, -0.05) is 91.8 Å². The van der Waals surface area contributed by atoms with E-state index in [2.05, 4.69) is 102 Å². The van der Waals surface area contributed by atoms with Crippen molar-refractivity contribution in [3.8, 4) is 0 Å². The van der Waals surface area contributed by atoms with Gasteiger partial charge in [-0.25, -0.2) is 0 Å². The van der Waals surface area contributed by atoms with Crippen molar-refractivity contribution in [2.24, 2.45) is 4.99 Å². The molecule has 4 aromatic rings. The fourth-order valence-corrected chi connectivity index (χ4v) is 4.30. The third kappa shape index (κ3) is 10.4. The largest absolute Gasteiger partial charge is 0.398 e. The number of pyridine rings is 2. The van der Waals surface area contributed by atoms with Gasteiger partial charge >= 0.3 is 0 Å². The maximum Gasteiger partial charge on any atom is 0.150 e. The number of nitrogens with zero attached hydrogens (tertiary/aromatic N) is 3. The molecule has 0 aliphatic heterocycles. The number of hydrogen-bond acceptors (Lipinski definition) is 5. The van der Waals surface area contributed by atoms with E-state index in [4.69, 9.17) is 10.7 Å². The van der Waals surface area contributed by atoms with E-state index in [1.165, 1.54) is 22.3 Å². The molecule has 2 aromatic carbocycles. The fourth-order valence-electron chi connectivity index (χ4n) is 4.30. The van der Waals surface area contributed by atoms with Crippen molar-refractivity contribution in [1.29, 1.82) is 0 Å². The van der Waals surface area contributed by atoms with E-state index >= 15 is 0 Å². The molecular formula is C36H46N4O. The van der Waals surface area contributed by atoms with Crippen LogP contribution in [0.3, 0.4) is 0 Å². The minimum Gasteiger partial charge on any atom is -0.398 e. The third-order valence-electron chi connectivity index (χ3n) is 6.65. The Bertz CT molecular complexity index is 1310. The minimum atomic E-state index is 0.471. The number of nitrogen functional groups attached to an aromatic ring is 1. The SMILES string of the molecule is CC(C)c1cccc(C(C)C)c1N.CC(C)c1cccc(C(C)C)c1N=Cc1ccncc1.O=Cc1ccncc1. The van der Waals surface area contributed by atoms with Gasteiger partial charge < -0.3 is 5.73 Å². The van der Waals surface area contributed by atoms with Gasteiger partial charge in [0.2, 0.25) is 0 Å². The summed E-state index contributed by atoms with van der Waals surface area (Å²) in [7, 11) is 0. The molecule has 0 aliphatic rings. The van der Waals surface area contributed by atoms with Crippen molar-refractivity contribution in [3.05, 3.63) is 119 Å². The molecule has 2 N–H and O–H groups in total. The summed E-state index contributed by atoms with van der Waals surface area (Å²) < 4.78 is 0. The topological polar surface area (TPSA) is 81.2 Å².